The Morgan fingerprint density at radius 2 is 1.68 bits per heavy atom. The maximum atomic E-state index is 13.5. The van der Waals surface area contributed by atoms with Gasteiger partial charge in [0.15, 0.2) is 0 Å². The number of aromatic nitrogens is 1. The Hall–Kier alpha value is -3.86. The molecule has 2 aromatic carbocycles. The van der Waals surface area contributed by atoms with E-state index in [0.717, 1.165) is 42.5 Å². The Morgan fingerprint density at radius 3 is 2.35 bits per heavy atom. The number of nitrogens with zero attached hydrogens (tertiary/aromatic N) is 1. The predicted octanol–water partition coefficient (Wildman–Crippen LogP) is 8.48. The van der Waals surface area contributed by atoms with Crippen LogP contribution in [0.5, 0.6) is 5.75 Å². The molecule has 0 fully saturated rings. The number of aliphatic carboxylic acids is 1. The van der Waals surface area contributed by atoms with E-state index in [2.05, 4.69) is 45.0 Å². The zero-order valence-corrected chi connectivity index (χ0v) is 23.9. The average Bonchev–Trinajstić information content (AvgIpc) is 3.31. The fraction of sp³-hybridized carbons (Fsp3) is 0.371. The summed E-state index contributed by atoms with van der Waals surface area (Å²) < 4.78 is 8.38. The maximum absolute atomic E-state index is 13.5. The molecule has 0 saturated heterocycles. The Bertz CT molecular complexity index is 1400. The van der Waals surface area contributed by atoms with Gasteiger partial charge in [-0.25, -0.2) is 0 Å². The van der Waals surface area contributed by atoms with Crippen LogP contribution >= 0.6 is 0 Å². The number of unbranched alkanes of at least 4 members (excludes halogenated alkanes) is 2. The van der Waals surface area contributed by atoms with Gasteiger partial charge in [0.25, 0.3) is 0 Å². The molecular formula is C35H41NO4. The van der Waals surface area contributed by atoms with Crippen molar-refractivity contribution >= 4 is 17.3 Å². The number of carboxylic acid groups (broad SMARTS) is 1. The highest BCUT2D eigenvalue weighted by molar-refractivity contribution is 6.09. The Kier molecular flexibility index (Phi) is 10.2. The van der Waals surface area contributed by atoms with Crippen molar-refractivity contribution in [1.29, 1.82) is 0 Å². The maximum Gasteiger partial charge on any atom is 0.303 e. The van der Waals surface area contributed by atoms with Gasteiger partial charge in [0.1, 0.15) is 11.9 Å². The number of benzene rings is 2. The standard InChI is InChI=1S/C35H41NO4/c1-4-5-6-12-33(27-16-14-26(15-17-27)23-25(2)3)40-30-20-18-28(19-21-30)35(39)32-24-29(10-9-13-34(37)38)31-11-7-8-22-36(31)32/h7-8,11,14-22,24-25,33H,4-6,9-10,12-13,23H2,1-3H3,(H,37,38). The van der Waals surface area contributed by atoms with Gasteiger partial charge in [-0.3, -0.25) is 9.59 Å². The number of carboxylic acids is 1. The summed E-state index contributed by atoms with van der Waals surface area (Å²) >= 11 is 0. The summed E-state index contributed by atoms with van der Waals surface area (Å²) in [6, 6.07) is 24.0. The third kappa shape index (κ3) is 7.62. The summed E-state index contributed by atoms with van der Waals surface area (Å²) in [5.74, 6) is 0.492. The molecule has 4 aromatic rings. The van der Waals surface area contributed by atoms with Crippen LogP contribution in [0.4, 0.5) is 0 Å². The second-order valence-electron chi connectivity index (χ2n) is 11.1. The molecule has 0 aliphatic rings. The van der Waals surface area contributed by atoms with Gasteiger partial charge < -0.3 is 14.2 Å². The molecule has 210 valence electrons. The molecule has 1 atom stereocenters. The van der Waals surface area contributed by atoms with E-state index in [4.69, 9.17) is 9.84 Å². The first-order chi connectivity index (χ1) is 19.4. The van der Waals surface area contributed by atoms with Crippen molar-refractivity contribution in [3.8, 4) is 5.75 Å². The van der Waals surface area contributed by atoms with E-state index >= 15 is 0 Å². The molecule has 0 saturated carbocycles. The van der Waals surface area contributed by atoms with Crippen LogP contribution in [-0.4, -0.2) is 21.3 Å². The summed E-state index contributed by atoms with van der Waals surface area (Å²) in [6.07, 6.45) is 8.53. The molecule has 2 heterocycles. The Labute approximate surface area is 237 Å². The van der Waals surface area contributed by atoms with Gasteiger partial charge in [-0.05, 0) is 97.2 Å². The number of rotatable bonds is 15. The van der Waals surface area contributed by atoms with Crippen molar-refractivity contribution < 1.29 is 19.4 Å². The average molecular weight is 540 g/mol. The highest BCUT2D eigenvalue weighted by Gasteiger charge is 2.18. The van der Waals surface area contributed by atoms with Gasteiger partial charge in [0.2, 0.25) is 5.78 Å². The third-order valence-corrected chi connectivity index (χ3v) is 7.29. The molecule has 0 bridgehead atoms. The molecule has 4 rings (SSSR count). The van der Waals surface area contributed by atoms with Crippen LogP contribution in [0.2, 0.25) is 0 Å². The van der Waals surface area contributed by atoms with Gasteiger partial charge in [0.05, 0.1) is 5.69 Å². The SMILES string of the molecule is CCCCCC(Oc1ccc(C(=O)c2cc(CCCC(=O)O)c3ccccn23)cc1)c1ccc(CC(C)C)cc1. The molecule has 5 nitrogen and oxygen atoms in total. The minimum atomic E-state index is -0.808. The highest BCUT2D eigenvalue weighted by atomic mass is 16.5. The van der Waals surface area contributed by atoms with Crippen LogP contribution < -0.4 is 4.74 Å². The van der Waals surface area contributed by atoms with Crippen molar-refractivity contribution in [2.24, 2.45) is 5.92 Å². The number of hydrogen-bond acceptors (Lipinski definition) is 3. The fourth-order valence-electron chi connectivity index (χ4n) is 5.24. The normalized spacial score (nSPS) is 12.1. The third-order valence-electron chi connectivity index (χ3n) is 7.29. The number of hydrogen-bond donors (Lipinski definition) is 1. The number of carbonyl (C=O) groups excluding carboxylic acids is 1. The molecule has 1 unspecified atom stereocenters. The lowest BCUT2D eigenvalue weighted by atomic mass is 9.98. The zero-order valence-electron chi connectivity index (χ0n) is 23.9. The summed E-state index contributed by atoms with van der Waals surface area (Å²) in [6.45, 7) is 6.68. The van der Waals surface area contributed by atoms with E-state index in [1.807, 2.05) is 59.1 Å². The van der Waals surface area contributed by atoms with E-state index in [-0.39, 0.29) is 18.3 Å². The summed E-state index contributed by atoms with van der Waals surface area (Å²) in [5.41, 5.74) is 5.61. The molecule has 0 radical (unpaired) electrons. The van der Waals surface area contributed by atoms with Gasteiger partial charge >= 0.3 is 5.97 Å². The number of pyridine rings is 1. The second-order valence-corrected chi connectivity index (χ2v) is 11.1. The fourth-order valence-corrected chi connectivity index (χ4v) is 5.24. The summed E-state index contributed by atoms with van der Waals surface area (Å²) in [5, 5.41) is 9.01. The molecule has 2 aromatic heterocycles. The van der Waals surface area contributed by atoms with Crippen LogP contribution in [0.3, 0.4) is 0 Å². The van der Waals surface area contributed by atoms with Gasteiger partial charge in [0, 0.05) is 23.7 Å². The first-order valence-electron chi connectivity index (χ1n) is 14.6. The number of carbonyl (C=O) groups is 2. The minimum absolute atomic E-state index is 0.0378. The van der Waals surface area contributed by atoms with E-state index in [0.29, 0.717) is 30.0 Å². The van der Waals surface area contributed by atoms with E-state index < -0.39 is 5.97 Å². The van der Waals surface area contributed by atoms with Crippen molar-refractivity contribution in [2.75, 3.05) is 0 Å². The lowest BCUT2D eigenvalue weighted by molar-refractivity contribution is -0.137. The first-order valence-corrected chi connectivity index (χ1v) is 14.6. The van der Waals surface area contributed by atoms with Crippen LogP contribution in [0.1, 0.15) is 98.1 Å². The van der Waals surface area contributed by atoms with Crippen molar-refractivity contribution in [2.45, 2.75) is 78.2 Å². The lowest BCUT2D eigenvalue weighted by Gasteiger charge is -2.20. The smallest absolute Gasteiger partial charge is 0.303 e. The van der Waals surface area contributed by atoms with Crippen LogP contribution in [0, 0.1) is 5.92 Å². The molecule has 0 spiro atoms. The van der Waals surface area contributed by atoms with Crippen LogP contribution in [-0.2, 0) is 17.6 Å². The van der Waals surface area contributed by atoms with Gasteiger partial charge in [-0.15, -0.1) is 0 Å². The Morgan fingerprint density at radius 1 is 0.925 bits per heavy atom. The molecule has 5 heteroatoms. The first kappa shape index (κ1) is 29.1. The van der Waals surface area contributed by atoms with E-state index in [1.165, 1.54) is 17.5 Å². The topological polar surface area (TPSA) is 68.0 Å². The highest BCUT2D eigenvalue weighted by Crippen LogP contribution is 2.29. The lowest BCUT2D eigenvalue weighted by Crippen LogP contribution is -2.09. The molecular weight excluding hydrogens is 498 g/mol. The molecule has 1 N–H and O–H groups in total. The zero-order chi connectivity index (χ0) is 28.5. The van der Waals surface area contributed by atoms with Crippen LogP contribution in [0.25, 0.3) is 5.52 Å². The van der Waals surface area contributed by atoms with Crippen molar-refractivity contribution in [3.05, 3.63) is 107 Å². The quantitative estimate of drug-likeness (QED) is 0.121. The predicted molar refractivity (Wildman–Crippen MR) is 160 cm³/mol. The second kappa shape index (κ2) is 14.0. The summed E-state index contributed by atoms with van der Waals surface area (Å²) in [7, 11) is 0. The molecule has 0 aliphatic carbocycles. The monoisotopic (exact) mass is 539 g/mol. The molecule has 0 aliphatic heterocycles. The number of ether oxygens (including phenoxy) is 1. The largest absolute Gasteiger partial charge is 0.486 e. The van der Waals surface area contributed by atoms with Crippen molar-refractivity contribution in [3.63, 3.8) is 0 Å². The van der Waals surface area contributed by atoms with E-state index in [9.17, 15) is 9.59 Å². The van der Waals surface area contributed by atoms with Crippen molar-refractivity contribution in [1.82, 2.24) is 4.40 Å². The number of aryl methyl sites for hydroxylation is 1. The number of ketones is 1. The van der Waals surface area contributed by atoms with E-state index in [1.54, 1.807) is 0 Å². The number of fused-ring (bicyclic) bond motifs is 1. The minimum Gasteiger partial charge on any atom is -0.486 e. The Balaban J connectivity index is 1.51. The molecule has 0 amide bonds. The molecule has 40 heavy (non-hydrogen) atoms. The van der Waals surface area contributed by atoms with Crippen LogP contribution in [0.15, 0.2) is 79.0 Å². The summed E-state index contributed by atoms with van der Waals surface area (Å²) in [4.78, 5) is 24.5. The van der Waals surface area contributed by atoms with Gasteiger partial charge in [-0.2, -0.15) is 0 Å². The van der Waals surface area contributed by atoms with Gasteiger partial charge in [-0.1, -0.05) is 63.9 Å².